The van der Waals surface area contributed by atoms with Crippen molar-refractivity contribution in [3.8, 4) is 0 Å². The maximum absolute atomic E-state index is 3.91. The molecule has 2 heteroatoms. The van der Waals surface area contributed by atoms with Crippen molar-refractivity contribution in [3.63, 3.8) is 0 Å². The molecule has 17 heavy (non-hydrogen) atoms. The van der Waals surface area contributed by atoms with E-state index in [0.29, 0.717) is 6.04 Å². The SMILES string of the molecule is Cc1ccsc1C(C)NC1C2C3CCC(C3)C12. The summed E-state index contributed by atoms with van der Waals surface area (Å²) in [6.07, 6.45) is 4.60. The summed E-state index contributed by atoms with van der Waals surface area (Å²) >= 11 is 1.91. The molecule has 3 aliphatic rings. The molecule has 0 aliphatic heterocycles. The predicted octanol–water partition coefficient (Wildman–Crippen LogP) is 3.75. The second kappa shape index (κ2) is 3.58. The van der Waals surface area contributed by atoms with Crippen molar-refractivity contribution in [1.29, 1.82) is 0 Å². The van der Waals surface area contributed by atoms with Crippen LogP contribution in [-0.2, 0) is 0 Å². The Morgan fingerprint density at radius 3 is 2.59 bits per heavy atom. The molecule has 0 saturated heterocycles. The van der Waals surface area contributed by atoms with E-state index in [4.69, 9.17) is 0 Å². The molecule has 5 unspecified atom stereocenters. The fourth-order valence-corrected chi connectivity index (χ4v) is 5.69. The standard InChI is InChI=1S/C15H21NS/c1-8-5-6-17-15(8)9(2)16-14-12-10-3-4-11(7-10)13(12)14/h5-6,9-14,16H,3-4,7H2,1-2H3. The van der Waals surface area contributed by atoms with E-state index in [2.05, 4.69) is 30.6 Å². The quantitative estimate of drug-likeness (QED) is 0.857. The molecule has 3 saturated carbocycles. The van der Waals surface area contributed by atoms with Crippen molar-refractivity contribution in [1.82, 2.24) is 5.32 Å². The van der Waals surface area contributed by atoms with Crippen molar-refractivity contribution >= 4 is 11.3 Å². The lowest BCUT2D eigenvalue weighted by Gasteiger charge is -2.16. The van der Waals surface area contributed by atoms with Crippen LogP contribution in [0.5, 0.6) is 0 Å². The first-order chi connectivity index (χ1) is 8.25. The van der Waals surface area contributed by atoms with Crippen molar-refractivity contribution in [2.45, 2.75) is 45.2 Å². The average molecular weight is 247 g/mol. The number of aryl methyl sites for hydroxylation is 1. The van der Waals surface area contributed by atoms with Gasteiger partial charge in [-0.15, -0.1) is 11.3 Å². The Kier molecular flexibility index (Phi) is 2.23. The molecule has 0 aromatic carbocycles. The van der Waals surface area contributed by atoms with Crippen LogP contribution >= 0.6 is 11.3 Å². The molecule has 0 spiro atoms. The zero-order valence-electron chi connectivity index (χ0n) is 10.6. The summed E-state index contributed by atoms with van der Waals surface area (Å²) in [6.45, 7) is 4.58. The Bertz CT molecular complexity index is 422. The molecule has 2 bridgehead atoms. The van der Waals surface area contributed by atoms with Gasteiger partial charge in [0.1, 0.15) is 0 Å². The monoisotopic (exact) mass is 247 g/mol. The molecule has 1 aromatic rings. The van der Waals surface area contributed by atoms with Gasteiger partial charge >= 0.3 is 0 Å². The van der Waals surface area contributed by atoms with Crippen LogP contribution in [0.3, 0.4) is 0 Å². The first-order valence-corrected chi connectivity index (χ1v) is 7.93. The van der Waals surface area contributed by atoms with Gasteiger partial charge in [0.25, 0.3) is 0 Å². The van der Waals surface area contributed by atoms with Gasteiger partial charge in [-0.25, -0.2) is 0 Å². The molecule has 5 atom stereocenters. The number of rotatable bonds is 3. The lowest BCUT2D eigenvalue weighted by Crippen LogP contribution is -2.26. The summed E-state index contributed by atoms with van der Waals surface area (Å²) in [5, 5.41) is 6.13. The average Bonchev–Trinajstić information content (AvgIpc) is 2.76. The van der Waals surface area contributed by atoms with Gasteiger partial charge in [0.2, 0.25) is 0 Å². The van der Waals surface area contributed by atoms with Crippen LogP contribution in [0.2, 0.25) is 0 Å². The molecule has 0 radical (unpaired) electrons. The Morgan fingerprint density at radius 2 is 2.00 bits per heavy atom. The van der Waals surface area contributed by atoms with Crippen LogP contribution in [0.4, 0.5) is 0 Å². The lowest BCUT2D eigenvalue weighted by molar-refractivity contribution is 0.435. The van der Waals surface area contributed by atoms with Gasteiger partial charge in [0, 0.05) is 17.0 Å². The van der Waals surface area contributed by atoms with Crippen LogP contribution in [0.25, 0.3) is 0 Å². The van der Waals surface area contributed by atoms with Crippen molar-refractivity contribution in [2.75, 3.05) is 0 Å². The maximum Gasteiger partial charge on any atom is 0.0391 e. The third-order valence-corrected chi connectivity index (χ3v) is 6.67. The molecule has 1 nitrogen and oxygen atoms in total. The molecule has 0 amide bonds. The number of thiophene rings is 1. The molecular formula is C15H21NS. The van der Waals surface area contributed by atoms with Gasteiger partial charge in [0.05, 0.1) is 0 Å². The first-order valence-electron chi connectivity index (χ1n) is 7.05. The number of hydrogen-bond donors (Lipinski definition) is 1. The highest BCUT2D eigenvalue weighted by molar-refractivity contribution is 7.10. The molecule has 92 valence electrons. The zero-order chi connectivity index (χ0) is 11.6. The molecule has 4 rings (SSSR count). The summed E-state index contributed by atoms with van der Waals surface area (Å²) < 4.78 is 0. The Labute approximate surface area is 108 Å². The van der Waals surface area contributed by atoms with Crippen LogP contribution in [-0.4, -0.2) is 6.04 Å². The summed E-state index contributed by atoms with van der Waals surface area (Å²) in [4.78, 5) is 1.54. The van der Waals surface area contributed by atoms with Crippen LogP contribution in [0.1, 0.15) is 42.7 Å². The second-order valence-corrected chi connectivity index (χ2v) is 7.32. The van der Waals surface area contributed by atoms with Crippen LogP contribution in [0, 0.1) is 30.6 Å². The van der Waals surface area contributed by atoms with Gasteiger partial charge < -0.3 is 5.32 Å². The summed E-state index contributed by atoms with van der Waals surface area (Å²) in [5.74, 6) is 4.27. The van der Waals surface area contributed by atoms with Gasteiger partial charge in [-0.2, -0.15) is 0 Å². The normalized spacial score (nSPS) is 43.8. The largest absolute Gasteiger partial charge is 0.306 e. The topological polar surface area (TPSA) is 12.0 Å². The van der Waals surface area contributed by atoms with E-state index >= 15 is 0 Å². The zero-order valence-corrected chi connectivity index (χ0v) is 11.5. The first kappa shape index (κ1) is 10.6. The fourth-order valence-electron chi connectivity index (χ4n) is 4.74. The minimum absolute atomic E-state index is 0.560. The van der Waals surface area contributed by atoms with E-state index in [1.54, 1.807) is 11.3 Å². The maximum atomic E-state index is 3.91. The third kappa shape index (κ3) is 1.47. The number of fused-ring (bicyclic) bond motifs is 5. The van der Waals surface area contributed by atoms with E-state index in [1.165, 1.54) is 18.4 Å². The van der Waals surface area contributed by atoms with Gasteiger partial charge in [-0.05, 0) is 73.8 Å². The molecule has 3 aliphatic carbocycles. The summed E-state index contributed by atoms with van der Waals surface area (Å²) in [6, 6.07) is 3.66. The van der Waals surface area contributed by atoms with E-state index in [-0.39, 0.29) is 0 Å². The van der Waals surface area contributed by atoms with Gasteiger partial charge in [-0.3, -0.25) is 0 Å². The fraction of sp³-hybridized carbons (Fsp3) is 0.733. The van der Waals surface area contributed by atoms with Crippen LogP contribution < -0.4 is 5.32 Å². The molecule has 1 heterocycles. The molecular weight excluding hydrogens is 226 g/mol. The van der Waals surface area contributed by atoms with Gasteiger partial charge in [0.15, 0.2) is 0 Å². The highest BCUT2D eigenvalue weighted by Gasteiger charge is 2.64. The summed E-state index contributed by atoms with van der Waals surface area (Å²) in [5.41, 5.74) is 1.46. The lowest BCUT2D eigenvalue weighted by atomic mass is 10.0. The Morgan fingerprint density at radius 1 is 1.29 bits per heavy atom. The van der Waals surface area contributed by atoms with E-state index in [0.717, 1.165) is 29.7 Å². The molecule has 3 fully saturated rings. The molecule has 1 N–H and O–H groups in total. The van der Waals surface area contributed by atoms with Gasteiger partial charge in [-0.1, -0.05) is 0 Å². The highest BCUT2D eigenvalue weighted by Crippen LogP contribution is 2.65. The second-order valence-electron chi connectivity index (χ2n) is 6.37. The van der Waals surface area contributed by atoms with Crippen molar-refractivity contribution in [2.24, 2.45) is 23.7 Å². The predicted molar refractivity (Wildman–Crippen MR) is 72.2 cm³/mol. The van der Waals surface area contributed by atoms with E-state index in [1.807, 2.05) is 11.3 Å². The van der Waals surface area contributed by atoms with E-state index < -0.39 is 0 Å². The Hall–Kier alpha value is -0.340. The molecule has 1 aromatic heterocycles. The van der Waals surface area contributed by atoms with Crippen LogP contribution in [0.15, 0.2) is 11.4 Å². The summed E-state index contributed by atoms with van der Waals surface area (Å²) in [7, 11) is 0. The minimum atomic E-state index is 0.560. The minimum Gasteiger partial charge on any atom is -0.306 e. The number of nitrogens with one attached hydrogen (secondary N) is 1. The smallest absolute Gasteiger partial charge is 0.0391 e. The Balaban J connectivity index is 1.45. The van der Waals surface area contributed by atoms with E-state index in [9.17, 15) is 0 Å². The number of hydrogen-bond acceptors (Lipinski definition) is 2. The van der Waals surface area contributed by atoms with Crippen molar-refractivity contribution < 1.29 is 0 Å². The van der Waals surface area contributed by atoms with Crippen molar-refractivity contribution in [3.05, 3.63) is 21.9 Å². The highest BCUT2D eigenvalue weighted by atomic mass is 32.1. The third-order valence-electron chi connectivity index (χ3n) is 5.47.